The number of aromatic hydroxyl groups is 1. The Morgan fingerprint density at radius 1 is 1.50 bits per heavy atom. The van der Waals surface area contributed by atoms with E-state index < -0.39 is 0 Å². The van der Waals surface area contributed by atoms with Crippen molar-refractivity contribution in [2.45, 2.75) is 6.42 Å². The van der Waals surface area contributed by atoms with Gasteiger partial charge in [0.2, 0.25) is 0 Å². The number of hydrogen-bond donors (Lipinski definition) is 1. The van der Waals surface area contributed by atoms with Crippen molar-refractivity contribution in [1.82, 2.24) is 0 Å². The lowest BCUT2D eigenvalue weighted by Crippen LogP contribution is -1.87. The molecule has 1 N–H and O–H groups in total. The van der Waals surface area contributed by atoms with Crippen LogP contribution >= 0.6 is 11.6 Å². The van der Waals surface area contributed by atoms with E-state index in [2.05, 4.69) is 6.58 Å². The molecule has 2 heteroatoms. The molecule has 0 heterocycles. The minimum absolute atomic E-state index is 0.307. The van der Waals surface area contributed by atoms with E-state index in [1.807, 2.05) is 12.1 Å². The van der Waals surface area contributed by atoms with Gasteiger partial charge in [0, 0.05) is 5.88 Å². The van der Waals surface area contributed by atoms with E-state index in [4.69, 9.17) is 11.6 Å². The van der Waals surface area contributed by atoms with E-state index in [-0.39, 0.29) is 0 Å². The molecule has 0 saturated heterocycles. The summed E-state index contributed by atoms with van der Waals surface area (Å²) in [7, 11) is 0. The molecular weight excluding hydrogens is 172 g/mol. The maximum absolute atomic E-state index is 9.37. The summed E-state index contributed by atoms with van der Waals surface area (Å²) in [6.45, 7) is 3.65. The summed E-state index contributed by atoms with van der Waals surface area (Å²) in [6, 6.07) is 5.38. The summed E-state index contributed by atoms with van der Waals surface area (Å²) in [5.74, 6) is 0.829. The van der Waals surface area contributed by atoms with Crippen LogP contribution in [0.3, 0.4) is 0 Å². The zero-order valence-corrected chi connectivity index (χ0v) is 7.51. The highest BCUT2D eigenvalue weighted by Crippen LogP contribution is 2.19. The van der Waals surface area contributed by atoms with E-state index in [1.54, 1.807) is 12.1 Å². The summed E-state index contributed by atoms with van der Waals surface area (Å²) in [5, 5.41) is 9.37. The molecule has 0 atom stereocenters. The van der Waals surface area contributed by atoms with Crippen LogP contribution in [0.25, 0.3) is 6.08 Å². The van der Waals surface area contributed by atoms with Crippen LogP contribution in [0.1, 0.15) is 11.1 Å². The highest BCUT2D eigenvalue weighted by molar-refractivity contribution is 6.18. The molecular formula is C10H11ClO. The Kier molecular flexibility index (Phi) is 3.18. The topological polar surface area (TPSA) is 20.2 Å². The quantitative estimate of drug-likeness (QED) is 0.713. The fourth-order valence-corrected chi connectivity index (χ4v) is 1.24. The molecule has 1 rings (SSSR count). The van der Waals surface area contributed by atoms with Crippen molar-refractivity contribution >= 4 is 17.7 Å². The minimum Gasteiger partial charge on any atom is -0.508 e. The third-order valence-corrected chi connectivity index (χ3v) is 1.89. The van der Waals surface area contributed by atoms with Crippen molar-refractivity contribution in [3.63, 3.8) is 0 Å². The smallest absolute Gasteiger partial charge is 0.118 e. The molecule has 0 bridgehead atoms. The molecule has 64 valence electrons. The van der Waals surface area contributed by atoms with Gasteiger partial charge in [-0.15, -0.1) is 11.6 Å². The fraction of sp³-hybridized carbons (Fsp3) is 0.200. The van der Waals surface area contributed by atoms with Crippen LogP contribution in [0.15, 0.2) is 24.8 Å². The molecule has 0 radical (unpaired) electrons. The van der Waals surface area contributed by atoms with Crippen molar-refractivity contribution < 1.29 is 5.11 Å². The molecule has 0 saturated carbocycles. The third-order valence-electron chi connectivity index (χ3n) is 1.70. The Bertz CT molecular complexity index is 281. The average molecular weight is 183 g/mol. The Balaban J connectivity index is 2.99. The second-order valence-electron chi connectivity index (χ2n) is 2.53. The van der Waals surface area contributed by atoms with Crippen LogP contribution in [0.2, 0.25) is 0 Å². The van der Waals surface area contributed by atoms with E-state index in [0.717, 1.165) is 11.1 Å². The second kappa shape index (κ2) is 4.17. The van der Waals surface area contributed by atoms with Crippen LogP contribution in [0.4, 0.5) is 0 Å². The molecule has 0 spiro atoms. The normalized spacial score (nSPS) is 9.75. The summed E-state index contributed by atoms with van der Waals surface area (Å²) in [4.78, 5) is 0. The first kappa shape index (κ1) is 9.14. The number of phenolic OH excluding ortho intramolecular Hbond substituents is 1. The summed E-state index contributed by atoms with van der Waals surface area (Å²) in [6.07, 6.45) is 2.44. The van der Waals surface area contributed by atoms with Crippen LogP contribution in [-0.2, 0) is 6.42 Å². The first-order valence-corrected chi connectivity index (χ1v) is 4.31. The lowest BCUT2D eigenvalue weighted by molar-refractivity contribution is 0.469. The van der Waals surface area contributed by atoms with Gasteiger partial charge in [0.15, 0.2) is 0 Å². The van der Waals surface area contributed by atoms with Crippen LogP contribution in [0, 0.1) is 0 Å². The van der Waals surface area contributed by atoms with Crippen LogP contribution in [0.5, 0.6) is 5.75 Å². The summed E-state index contributed by atoms with van der Waals surface area (Å²) < 4.78 is 0. The standard InChI is InChI=1S/C10H11ClO/c1-2-8-3-4-10(12)9(7-8)5-6-11/h2-4,7,12H,1,5-6H2. The van der Waals surface area contributed by atoms with E-state index in [9.17, 15) is 5.11 Å². The fourth-order valence-electron chi connectivity index (χ4n) is 1.03. The Hall–Kier alpha value is -0.950. The van der Waals surface area contributed by atoms with E-state index in [1.165, 1.54) is 0 Å². The lowest BCUT2D eigenvalue weighted by Gasteiger charge is -2.02. The Morgan fingerprint density at radius 2 is 2.25 bits per heavy atom. The van der Waals surface area contributed by atoms with Crippen molar-refractivity contribution in [3.8, 4) is 5.75 Å². The van der Waals surface area contributed by atoms with Gasteiger partial charge in [-0.3, -0.25) is 0 Å². The van der Waals surface area contributed by atoms with E-state index in [0.29, 0.717) is 18.1 Å². The molecule has 1 aromatic carbocycles. The predicted molar refractivity (Wildman–Crippen MR) is 52.6 cm³/mol. The molecule has 0 aromatic heterocycles. The van der Waals surface area contributed by atoms with Gasteiger partial charge in [-0.2, -0.15) is 0 Å². The van der Waals surface area contributed by atoms with E-state index >= 15 is 0 Å². The molecule has 1 nitrogen and oxygen atoms in total. The largest absolute Gasteiger partial charge is 0.508 e. The van der Waals surface area contributed by atoms with Crippen LogP contribution < -0.4 is 0 Å². The molecule has 0 aliphatic carbocycles. The van der Waals surface area contributed by atoms with Crippen molar-refractivity contribution in [2.24, 2.45) is 0 Å². The predicted octanol–water partition coefficient (Wildman–Crippen LogP) is 2.82. The number of benzene rings is 1. The molecule has 0 aliphatic heterocycles. The zero-order chi connectivity index (χ0) is 8.97. The third kappa shape index (κ3) is 2.02. The first-order chi connectivity index (χ1) is 5.77. The van der Waals surface area contributed by atoms with Crippen molar-refractivity contribution in [1.29, 1.82) is 0 Å². The first-order valence-electron chi connectivity index (χ1n) is 3.78. The number of aryl methyl sites for hydroxylation is 1. The summed E-state index contributed by atoms with van der Waals surface area (Å²) >= 11 is 5.57. The van der Waals surface area contributed by atoms with Gasteiger partial charge >= 0.3 is 0 Å². The maximum Gasteiger partial charge on any atom is 0.118 e. The number of hydrogen-bond acceptors (Lipinski definition) is 1. The number of phenols is 1. The number of rotatable bonds is 3. The number of alkyl halides is 1. The summed E-state index contributed by atoms with van der Waals surface area (Å²) in [5.41, 5.74) is 1.88. The van der Waals surface area contributed by atoms with Gasteiger partial charge in [-0.1, -0.05) is 18.7 Å². The van der Waals surface area contributed by atoms with Crippen LogP contribution in [-0.4, -0.2) is 11.0 Å². The molecule has 12 heavy (non-hydrogen) atoms. The Morgan fingerprint density at radius 3 is 2.83 bits per heavy atom. The average Bonchev–Trinajstić information content (AvgIpc) is 2.09. The Labute approximate surface area is 77.3 Å². The van der Waals surface area contributed by atoms with Gasteiger partial charge < -0.3 is 5.11 Å². The molecule has 0 amide bonds. The molecule has 0 aliphatic rings. The SMILES string of the molecule is C=Cc1ccc(O)c(CCCl)c1. The van der Waals surface area contributed by atoms with Crippen molar-refractivity contribution in [3.05, 3.63) is 35.9 Å². The zero-order valence-electron chi connectivity index (χ0n) is 6.76. The molecule has 0 fully saturated rings. The highest BCUT2D eigenvalue weighted by Gasteiger charge is 1.99. The van der Waals surface area contributed by atoms with Crippen molar-refractivity contribution in [2.75, 3.05) is 5.88 Å². The van der Waals surface area contributed by atoms with Gasteiger partial charge in [-0.05, 0) is 29.7 Å². The highest BCUT2D eigenvalue weighted by atomic mass is 35.5. The monoisotopic (exact) mass is 182 g/mol. The van der Waals surface area contributed by atoms with Gasteiger partial charge in [0.1, 0.15) is 5.75 Å². The van der Waals surface area contributed by atoms with Gasteiger partial charge in [0.25, 0.3) is 0 Å². The lowest BCUT2D eigenvalue weighted by atomic mass is 10.1. The van der Waals surface area contributed by atoms with Gasteiger partial charge in [-0.25, -0.2) is 0 Å². The van der Waals surface area contributed by atoms with Gasteiger partial charge in [0.05, 0.1) is 0 Å². The molecule has 0 unspecified atom stereocenters. The second-order valence-corrected chi connectivity index (χ2v) is 2.91. The maximum atomic E-state index is 9.37. The minimum atomic E-state index is 0.307. The molecule has 1 aromatic rings. The number of halogens is 1.